The van der Waals surface area contributed by atoms with Gasteiger partial charge in [0.2, 0.25) is 0 Å². The Labute approximate surface area is 116 Å². The summed E-state index contributed by atoms with van der Waals surface area (Å²) in [5.74, 6) is 0. The smallest absolute Gasteiger partial charge is 0.0733 e. The van der Waals surface area contributed by atoms with E-state index in [0.29, 0.717) is 6.61 Å². The summed E-state index contributed by atoms with van der Waals surface area (Å²) in [6, 6.07) is 16.4. The molecule has 94 valence electrons. The van der Waals surface area contributed by atoms with Gasteiger partial charge in [-0.15, -0.1) is 0 Å². The lowest BCUT2D eigenvalue weighted by Gasteiger charge is -2.12. The largest absolute Gasteiger partial charge is 0.381 e. The summed E-state index contributed by atoms with van der Waals surface area (Å²) in [4.78, 5) is 0. The van der Waals surface area contributed by atoms with Crippen LogP contribution in [0.5, 0.6) is 0 Å². The molecule has 2 aromatic rings. The van der Waals surface area contributed by atoms with Gasteiger partial charge in [0.25, 0.3) is 0 Å². The van der Waals surface area contributed by atoms with Crippen molar-refractivity contribution in [2.45, 2.75) is 13.2 Å². The van der Waals surface area contributed by atoms with Crippen LogP contribution in [0.4, 0.5) is 5.69 Å². The van der Waals surface area contributed by atoms with Crippen molar-refractivity contribution >= 4 is 21.6 Å². The molecule has 0 atom stereocenters. The minimum absolute atomic E-state index is 0.624. The van der Waals surface area contributed by atoms with Crippen molar-refractivity contribution < 1.29 is 4.74 Å². The van der Waals surface area contributed by atoms with Gasteiger partial charge in [-0.05, 0) is 17.7 Å². The van der Waals surface area contributed by atoms with Crippen LogP contribution < -0.4 is 5.32 Å². The maximum Gasteiger partial charge on any atom is 0.0733 e. The van der Waals surface area contributed by atoms with Crippen LogP contribution in [0.25, 0.3) is 0 Å². The molecule has 0 saturated heterocycles. The molecule has 0 heterocycles. The number of halogens is 1. The normalized spacial score (nSPS) is 10.3. The Kier molecular flexibility index (Phi) is 4.79. The number of benzene rings is 2. The van der Waals surface area contributed by atoms with E-state index in [2.05, 4.69) is 45.5 Å². The average Bonchev–Trinajstić information content (AvgIpc) is 2.40. The third kappa shape index (κ3) is 3.34. The molecule has 0 unspecified atom stereocenters. The van der Waals surface area contributed by atoms with Crippen molar-refractivity contribution in [1.29, 1.82) is 0 Å². The topological polar surface area (TPSA) is 21.3 Å². The van der Waals surface area contributed by atoms with E-state index in [1.807, 2.05) is 24.3 Å². The molecule has 0 aliphatic rings. The van der Waals surface area contributed by atoms with E-state index < -0.39 is 0 Å². The highest BCUT2D eigenvalue weighted by Crippen LogP contribution is 2.20. The highest BCUT2D eigenvalue weighted by Gasteiger charge is 2.02. The third-order valence-electron chi connectivity index (χ3n) is 2.74. The molecule has 1 N–H and O–H groups in total. The number of rotatable bonds is 5. The van der Waals surface area contributed by atoms with Gasteiger partial charge in [-0.2, -0.15) is 0 Å². The molecule has 0 amide bonds. The summed E-state index contributed by atoms with van der Waals surface area (Å²) < 4.78 is 6.32. The van der Waals surface area contributed by atoms with Crippen LogP contribution in [0.3, 0.4) is 0 Å². The van der Waals surface area contributed by atoms with Crippen LogP contribution in [0, 0.1) is 0 Å². The molecule has 0 saturated carbocycles. The molecule has 0 fully saturated rings. The van der Waals surface area contributed by atoms with Gasteiger partial charge in [0.15, 0.2) is 0 Å². The number of methoxy groups -OCH3 is 1. The Morgan fingerprint density at radius 3 is 2.39 bits per heavy atom. The molecular formula is C15H16BrNO. The first kappa shape index (κ1) is 13.1. The van der Waals surface area contributed by atoms with Gasteiger partial charge < -0.3 is 10.1 Å². The van der Waals surface area contributed by atoms with Crippen molar-refractivity contribution in [1.82, 2.24) is 0 Å². The minimum Gasteiger partial charge on any atom is -0.381 e. The van der Waals surface area contributed by atoms with E-state index in [1.54, 1.807) is 7.11 Å². The van der Waals surface area contributed by atoms with Crippen LogP contribution >= 0.6 is 15.9 Å². The molecule has 0 aliphatic heterocycles. The molecule has 3 heteroatoms. The minimum atomic E-state index is 0.624. The van der Waals surface area contributed by atoms with Gasteiger partial charge in [0.05, 0.1) is 6.61 Å². The Balaban J connectivity index is 2.08. The van der Waals surface area contributed by atoms with Gasteiger partial charge in [0, 0.05) is 29.4 Å². The van der Waals surface area contributed by atoms with Gasteiger partial charge in [-0.25, -0.2) is 0 Å². The lowest BCUT2D eigenvalue weighted by atomic mass is 10.1. The number of para-hydroxylation sites is 1. The molecular weight excluding hydrogens is 290 g/mol. The molecule has 0 spiro atoms. The van der Waals surface area contributed by atoms with E-state index in [1.165, 1.54) is 11.1 Å². The number of ether oxygens (including phenoxy) is 1. The SMILES string of the molecule is COCc1ccccc1NCc1ccccc1Br. The monoisotopic (exact) mass is 305 g/mol. The van der Waals surface area contributed by atoms with Crippen LogP contribution in [-0.4, -0.2) is 7.11 Å². The summed E-state index contributed by atoms with van der Waals surface area (Å²) in [6.45, 7) is 1.42. The lowest BCUT2D eigenvalue weighted by Crippen LogP contribution is -2.03. The third-order valence-corrected chi connectivity index (χ3v) is 3.52. The summed E-state index contributed by atoms with van der Waals surface area (Å²) in [5, 5.41) is 3.45. The highest BCUT2D eigenvalue weighted by molar-refractivity contribution is 9.10. The molecule has 2 aromatic carbocycles. The van der Waals surface area contributed by atoms with Crippen LogP contribution in [0.1, 0.15) is 11.1 Å². The summed E-state index contributed by atoms with van der Waals surface area (Å²) in [6.07, 6.45) is 0. The predicted molar refractivity (Wildman–Crippen MR) is 78.6 cm³/mol. The van der Waals surface area contributed by atoms with Crippen LogP contribution in [0.2, 0.25) is 0 Å². The fourth-order valence-corrected chi connectivity index (χ4v) is 2.23. The Bertz CT molecular complexity index is 513. The molecule has 0 aliphatic carbocycles. The summed E-state index contributed by atoms with van der Waals surface area (Å²) in [5.41, 5.74) is 3.53. The van der Waals surface area contributed by atoms with Gasteiger partial charge >= 0.3 is 0 Å². The second-order valence-electron chi connectivity index (χ2n) is 4.04. The first-order valence-corrected chi connectivity index (χ1v) is 6.64. The molecule has 0 bridgehead atoms. The maximum atomic E-state index is 5.20. The molecule has 2 rings (SSSR count). The number of anilines is 1. The van der Waals surface area contributed by atoms with Gasteiger partial charge in [-0.1, -0.05) is 52.3 Å². The van der Waals surface area contributed by atoms with E-state index in [-0.39, 0.29) is 0 Å². The lowest BCUT2D eigenvalue weighted by molar-refractivity contribution is 0.185. The fraction of sp³-hybridized carbons (Fsp3) is 0.200. The van der Waals surface area contributed by atoms with Gasteiger partial charge in [-0.3, -0.25) is 0 Å². The molecule has 0 radical (unpaired) electrons. The summed E-state index contributed by atoms with van der Waals surface area (Å²) in [7, 11) is 1.71. The highest BCUT2D eigenvalue weighted by atomic mass is 79.9. The van der Waals surface area contributed by atoms with E-state index in [4.69, 9.17) is 4.74 Å². The van der Waals surface area contributed by atoms with Crippen LogP contribution in [-0.2, 0) is 17.9 Å². The van der Waals surface area contributed by atoms with Gasteiger partial charge in [0.1, 0.15) is 0 Å². The standard InChI is InChI=1S/C15H16BrNO/c1-18-11-13-7-3-5-9-15(13)17-10-12-6-2-4-8-14(12)16/h2-9,17H,10-11H2,1H3. The zero-order chi connectivity index (χ0) is 12.8. The molecule has 18 heavy (non-hydrogen) atoms. The Hall–Kier alpha value is -1.32. The van der Waals surface area contributed by atoms with Crippen molar-refractivity contribution in [3.05, 3.63) is 64.1 Å². The first-order chi connectivity index (χ1) is 8.81. The predicted octanol–water partition coefficient (Wildman–Crippen LogP) is 4.21. The molecule has 0 aromatic heterocycles. The maximum absolute atomic E-state index is 5.20. The second-order valence-corrected chi connectivity index (χ2v) is 4.89. The van der Waals surface area contributed by atoms with Crippen molar-refractivity contribution in [2.75, 3.05) is 12.4 Å². The zero-order valence-electron chi connectivity index (χ0n) is 10.3. The molecule has 2 nitrogen and oxygen atoms in total. The van der Waals surface area contributed by atoms with E-state index in [9.17, 15) is 0 Å². The second kappa shape index (κ2) is 6.57. The van der Waals surface area contributed by atoms with Crippen molar-refractivity contribution in [3.8, 4) is 0 Å². The Morgan fingerprint density at radius 1 is 1.00 bits per heavy atom. The van der Waals surface area contributed by atoms with E-state index >= 15 is 0 Å². The van der Waals surface area contributed by atoms with Crippen molar-refractivity contribution in [3.63, 3.8) is 0 Å². The average molecular weight is 306 g/mol. The quantitative estimate of drug-likeness (QED) is 0.893. The van der Waals surface area contributed by atoms with Crippen LogP contribution in [0.15, 0.2) is 53.0 Å². The fourth-order valence-electron chi connectivity index (χ4n) is 1.81. The number of hydrogen-bond acceptors (Lipinski definition) is 2. The zero-order valence-corrected chi connectivity index (χ0v) is 11.9. The van der Waals surface area contributed by atoms with E-state index in [0.717, 1.165) is 16.7 Å². The number of hydrogen-bond donors (Lipinski definition) is 1. The first-order valence-electron chi connectivity index (χ1n) is 5.85. The summed E-state index contributed by atoms with van der Waals surface area (Å²) >= 11 is 3.55. The Morgan fingerprint density at radius 2 is 1.67 bits per heavy atom. The van der Waals surface area contributed by atoms with Crippen molar-refractivity contribution in [2.24, 2.45) is 0 Å². The number of nitrogens with one attached hydrogen (secondary N) is 1.